The lowest BCUT2D eigenvalue weighted by Gasteiger charge is -2.19. The van der Waals surface area contributed by atoms with Crippen LogP contribution in [0.4, 0.5) is 0 Å². The molecule has 0 aromatic heterocycles. The molecule has 0 aliphatic carbocycles. The maximum absolute atomic E-state index is 12.0. The molecule has 2 nitrogen and oxygen atoms in total. The Hall–Kier alpha value is -1.61. The largest absolute Gasteiger partial charge is 0.485 e. The molecule has 0 unspecified atom stereocenters. The second-order valence-corrected chi connectivity index (χ2v) is 6.91. The van der Waals surface area contributed by atoms with Gasteiger partial charge >= 0.3 is 0 Å². The van der Waals surface area contributed by atoms with Gasteiger partial charge in [0.15, 0.2) is 12.4 Å². The van der Waals surface area contributed by atoms with E-state index in [1.807, 2.05) is 36.4 Å². The summed E-state index contributed by atoms with van der Waals surface area (Å²) in [6, 6.07) is 15.2. The molecule has 2 rings (SSSR count). The van der Waals surface area contributed by atoms with Crippen molar-refractivity contribution in [3.8, 4) is 5.75 Å². The van der Waals surface area contributed by atoms with Gasteiger partial charge in [-0.3, -0.25) is 4.79 Å². The third-order valence-corrected chi connectivity index (χ3v) is 3.79. The van der Waals surface area contributed by atoms with Gasteiger partial charge in [-0.2, -0.15) is 0 Å². The Morgan fingerprint density at radius 3 is 2.10 bits per heavy atom. The minimum Gasteiger partial charge on any atom is -0.485 e. The molecule has 0 atom stereocenters. The smallest absolute Gasteiger partial charge is 0.200 e. The highest BCUT2D eigenvalue weighted by atomic mass is 79.9. The van der Waals surface area contributed by atoms with Crippen LogP contribution in [0.5, 0.6) is 5.75 Å². The van der Waals surface area contributed by atoms with Crippen LogP contribution in [0, 0.1) is 0 Å². The third kappa shape index (κ3) is 4.43. The van der Waals surface area contributed by atoms with Gasteiger partial charge in [-0.1, -0.05) is 61.0 Å². The van der Waals surface area contributed by atoms with Gasteiger partial charge in [-0.05, 0) is 35.2 Å². The van der Waals surface area contributed by atoms with Crippen molar-refractivity contribution >= 4 is 21.7 Å². The normalized spacial score (nSPS) is 11.2. The summed E-state index contributed by atoms with van der Waals surface area (Å²) in [6.45, 7) is 6.55. The van der Waals surface area contributed by atoms with E-state index in [0.717, 1.165) is 4.47 Å². The van der Waals surface area contributed by atoms with Crippen LogP contribution in [0.25, 0.3) is 0 Å². The molecule has 2 aromatic carbocycles. The number of rotatable bonds is 4. The third-order valence-electron chi connectivity index (χ3n) is 3.26. The maximum atomic E-state index is 12.0. The molecule has 110 valence electrons. The van der Waals surface area contributed by atoms with E-state index in [9.17, 15) is 4.79 Å². The lowest BCUT2D eigenvalue weighted by atomic mass is 9.87. The predicted molar refractivity (Wildman–Crippen MR) is 89.1 cm³/mol. The number of ether oxygens (including phenoxy) is 1. The molecule has 0 aliphatic rings. The summed E-state index contributed by atoms with van der Waals surface area (Å²) < 4.78 is 6.52. The first-order valence-corrected chi connectivity index (χ1v) is 7.68. The number of benzene rings is 2. The standard InChI is InChI=1S/C18H19BrO2/c1-18(2,3)14-6-10-16(11-7-14)21-12-17(20)13-4-8-15(19)9-5-13/h4-11H,12H2,1-3H3. The lowest BCUT2D eigenvalue weighted by Crippen LogP contribution is -2.12. The number of hydrogen-bond donors (Lipinski definition) is 0. The van der Waals surface area contributed by atoms with Crippen LogP contribution in [-0.2, 0) is 5.41 Å². The van der Waals surface area contributed by atoms with Gasteiger partial charge in [0.1, 0.15) is 5.75 Å². The molecule has 0 radical (unpaired) electrons. The van der Waals surface area contributed by atoms with Crippen molar-refractivity contribution in [3.05, 3.63) is 64.1 Å². The fraction of sp³-hybridized carbons (Fsp3) is 0.278. The maximum Gasteiger partial charge on any atom is 0.200 e. The highest BCUT2D eigenvalue weighted by molar-refractivity contribution is 9.10. The van der Waals surface area contributed by atoms with E-state index in [-0.39, 0.29) is 17.8 Å². The Balaban J connectivity index is 1.97. The first-order valence-electron chi connectivity index (χ1n) is 6.88. The molecule has 0 heterocycles. The van der Waals surface area contributed by atoms with E-state index in [2.05, 4.69) is 36.7 Å². The van der Waals surface area contributed by atoms with Crippen molar-refractivity contribution in [3.63, 3.8) is 0 Å². The van der Waals surface area contributed by atoms with Gasteiger partial charge in [0.05, 0.1) is 0 Å². The van der Waals surface area contributed by atoms with Crippen LogP contribution in [0.1, 0.15) is 36.7 Å². The predicted octanol–water partition coefficient (Wildman–Crippen LogP) is 5.01. The first kappa shape index (κ1) is 15.8. The van der Waals surface area contributed by atoms with Gasteiger partial charge in [-0.15, -0.1) is 0 Å². The zero-order chi connectivity index (χ0) is 15.5. The Bertz CT molecular complexity index is 607. The number of carbonyl (C=O) groups excluding carboxylic acids is 1. The van der Waals surface area contributed by atoms with Gasteiger partial charge < -0.3 is 4.74 Å². The molecule has 0 spiro atoms. The number of halogens is 1. The van der Waals surface area contributed by atoms with Crippen LogP contribution in [0.2, 0.25) is 0 Å². The average Bonchev–Trinajstić information content (AvgIpc) is 2.45. The van der Waals surface area contributed by atoms with E-state index in [4.69, 9.17) is 4.74 Å². The first-order chi connectivity index (χ1) is 9.86. The second kappa shape index (κ2) is 6.44. The molecule has 0 fully saturated rings. The summed E-state index contributed by atoms with van der Waals surface area (Å²) in [5, 5.41) is 0. The number of Topliss-reactive ketones (excluding diaryl/α,β-unsaturated/α-hetero) is 1. The molecule has 3 heteroatoms. The summed E-state index contributed by atoms with van der Waals surface area (Å²) >= 11 is 3.35. The van der Waals surface area contributed by atoms with Crippen molar-refractivity contribution in [1.82, 2.24) is 0 Å². The van der Waals surface area contributed by atoms with Gasteiger partial charge in [0, 0.05) is 10.0 Å². The van der Waals surface area contributed by atoms with Crippen molar-refractivity contribution in [2.24, 2.45) is 0 Å². The van der Waals surface area contributed by atoms with Gasteiger partial charge in [0.2, 0.25) is 0 Å². The van der Waals surface area contributed by atoms with Crippen molar-refractivity contribution in [2.75, 3.05) is 6.61 Å². The Kier molecular flexibility index (Phi) is 4.84. The van der Waals surface area contributed by atoms with Crippen LogP contribution in [0.3, 0.4) is 0 Å². The SMILES string of the molecule is CC(C)(C)c1ccc(OCC(=O)c2ccc(Br)cc2)cc1. The van der Waals surface area contributed by atoms with Gasteiger partial charge in [0.25, 0.3) is 0 Å². The minimum absolute atomic E-state index is 0.0256. The van der Waals surface area contributed by atoms with E-state index in [0.29, 0.717) is 11.3 Å². The van der Waals surface area contributed by atoms with Crippen LogP contribution in [-0.4, -0.2) is 12.4 Å². The van der Waals surface area contributed by atoms with E-state index < -0.39 is 0 Å². The van der Waals surface area contributed by atoms with Crippen LogP contribution >= 0.6 is 15.9 Å². The highest BCUT2D eigenvalue weighted by Gasteiger charge is 2.13. The Labute approximate surface area is 134 Å². The zero-order valence-electron chi connectivity index (χ0n) is 12.5. The van der Waals surface area contributed by atoms with Crippen LogP contribution < -0.4 is 4.74 Å². The molecule has 0 saturated carbocycles. The highest BCUT2D eigenvalue weighted by Crippen LogP contribution is 2.24. The van der Waals surface area contributed by atoms with Crippen molar-refractivity contribution in [2.45, 2.75) is 26.2 Å². The monoisotopic (exact) mass is 346 g/mol. The molecule has 0 saturated heterocycles. The van der Waals surface area contributed by atoms with Crippen LogP contribution in [0.15, 0.2) is 53.0 Å². The molecule has 21 heavy (non-hydrogen) atoms. The number of hydrogen-bond acceptors (Lipinski definition) is 2. The fourth-order valence-electron chi connectivity index (χ4n) is 1.92. The fourth-order valence-corrected chi connectivity index (χ4v) is 2.18. The Morgan fingerprint density at radius 2 is 1.57 bits per heavy atom. The molecular weight excluding hydrogens is 328 g/mol. The molecular formula is C18H19BrO2. The van der Waals surface area contributed by atoms with E-state index in [1.165, 1.54) is 5.56 Å². The average molecular weight is 347 g/mol. The quantitative estimate of drug-likeness (QED) is 0.727. The lowest BCUT2D eigenvalue weighted by molar-refractivity contribution is 0.0921. The molecule has 0 amide bonds. The topological polar surface area (TPSA) is 26.3 Å². The summed E-state index contributed by atoms with van der Waals surface area (Å²) in [7, 11) is 0. The summed E-state index contributed by atoms with van der Waals surface area (Å²) in [6.07, 6.45) is 0. The Morgan fingerprint density at radius 1 is 1.00 bits per heavy atom. The minimum atomic E-state index is -0.0256. The molecule has 0 aliphatic heterocycles. The molecule has 0 bridgehead atoms. The summed E-state index contributed by atoms with van der Waals surface area (Å²) in [5.74, 6) is 0.691. The number of ketones is 1. The van der Waals surface area contributed by atoms with Crippen molar-refractivity contribution < 1.29 is 9.53 Å². The zero-order valence-corrected chi connectivity index (χ0v) is 14.1. The van der Waals surface area contributed by atoms with Gasteiger partial charge in [-0.25, -0.2) is 0 Å². The second-order valence-electron chi connectivity index (χ2n) is 5.99. The summed E-state index contributed by atoms with van der Waals surface area (Å²) in [4.78, 5) is 12.0. The number of carbonyl (C=O) groups is 1. The molecule has 2 aromatic rings. The molecule has 0 N–H and O–H groups in total. The van der Waals surface area contributed by atoms with E-state index >= 15 is 0 Å². The van der Waals surface area contributed by atoms with E-state index in [1.54, 1.807) is 12.1 Å². The van der Waals surface area contributed by atoms with Crippen molar-refractivity contribution in [1.29, 1.82) is 0 Å². The summed E-state index contributed by atoms with van der Waals surface area (Å²) in [5.41, 5.74) is 2.02.